The Morgan fingerprint density at radius 3 is 2.44 bits per heavy atom. The average Bonchev–Trinajstić information content (AvgIpc) is 3.44. The number of hydrogen-bond acceptors (Lipinski definition) is 4. The molecule has 3 aromatic rings. The maximum Gasteiger partial charge on any atom is 0.322 e. The molecule has 1 atom stereocenters. The molecule has 12 heteroatoms. The SMILES string of the molecule is C[C@H]1Cn2ncc(N3CN(C(=O)c4ccccc4)CC3=O)c2CN1C(=O)Nc1cc(F)c(F)c(F)c1. The smallest absolute Gasteiger partial charge is 0.314 e. The van der Waals surface area contributed by atoms with Crippen molar-refractivity contribution in [3.8, 4) is 0 Å². The highest BCUT2D eigenvalue weighted by Gasteiger charge is 2.37. The number of hydrogen-bond donors (Lipinski definition) is 1. The van der Waals surface area contributed by atoms with Gasteiger partial charge in [-0.25, -0.2) is 18.0 Å². The number of fused-ring (bicyclic) bond motifs is 1. The molecule has 1 N–H and O–H groups in total. The third-order valence-corrected chi connectivity index (χ3v) is 6.25. The number of benzene rings is 2. The first-order valence-corrected chi connectivity index (χ1v) is 11.1. The fraction of sp³-hybridized carbons (Fsp3) is 0.250. The molecule has 3 heterocycles. The maximum atomic E-state index is 13.6. The van der Waals surface area contributed by atoms with Gasteiger partial charge in [0.2, 0.25) is 5.91 Å². The van der Waals surface area contributed by atoms with Gasteiger partial charge in [0.05, 0.1) is 36.7 Å². The zero-order valence-electron chi connectivity index (χ0n) is 19.1. The van der Waals surface area contributed by atoms with Gasteiger partial charge in [-0.15, -0.1) is 0 Å². The van der Waals surface area contributed by atoms with Gasteiger partial charge in [-0.1, -0.05) is 18.2 Å². The van der Waals surface area contributed by atoms with Gasteiger partial charge >= 0.3 is 6.03 Å². The quantitative estimate of drug-likeness (QED) is 0.562. The van der Waals surface area contributed by atoms with Crippen molar-refractivity contribution in [2.45, 2.75) is 26.1 Å². The Morgan fingerprint density at radius 1 is 1.06 bits per heavy atom. The van der Waals surface area contributed by atoms with Crippen LogP contribution >= 0.6 is 0 Å². The summed E-state index contributed by atoms with van der Waals surface area (Å²) in [6.45, 7) is 2.06. The summed E-state index contributed by atoms with van der Waals surface area (Å²) >= 11 is 0. The molecule has 0 radical (unpaired) electrons. The largest absolute Gasteiger partial charge is 0.322 e. The highest BCUT2D eigenvalue weighted by Crippen LogP contribution is 2.30. The molecule has 5 rings (SSSR count). The van der Waals surface area contributed by atoms with Gasteiger partial charge in [-0.2, -0.15) is 5.10 Å². The van der Waals surface area contributed by atoms with Gasteiger partial charge in [0, 0.05) is 23.4 Å². The second-order valence-electron chi connectivity index (χ2n) is 8.65. The highest BCUT2D eigenvalue weighted by molar-refractivity contribution is 6.04. The Kier molecular flexibility index (Phi) is 5.86. The van der Waals surface area contributed by atoms with Crippen molar-refractivity contribution >= 4 is 29.2 Å². The van der Waals surface area contributed by atoms with Crippen molar-refractivity contribution in [1.82, 2.24) is 19.6 Å². The van der Waals surface area contributed by atoms with Gasteiger partial charge in [0.25, 0.3) is 5.91 Å². The summed E-state index contributed by atoms with van der Waals surface area (Å²) in [7, 11) is 0. The minimum atomic E-state index is -1.62. The van der Waals surface area contributed by atoms with E-state index >= 15 is 0 Å². The minimum Gasteiger partial charge on any atom is -0.314 e. The van der Waals surface area contributed by atoms with Crippen LogP contribution in [0.5, 0.6) is 0 Å². The monoisotopic (exact) mass is 498 g/mol. The second-order valence-corrected chi connectivity index (χ2v) is 8.65. The number of amides is 4. The molecule has 2 aromatic carbocycles. The van der Waals surface area contributed by atoms with Crippen LogP contribution in [0.3, 0.4) is 0 Å². The number of anilines is 2. The number of urea groups is 1. The van der Waals surface area contributed by atoms with Crippen molar-refractivity contribution in [2.24, 2.45) is 0 Å². The van der Waals surface area contributed by atoms with Crippen LogP contribution in [0, 0.1) is 17.5 Å². The fourth-order valence-corrected chi connectivity index (χ4v) is 4.37. The van der Waals surface area contributed by atoms with Gasteiger partial charge in [-0.05, 0) is 19.1 Å². The van der Waals surface area contributed by atoms with E-state index in [2.05, 4.69) is 10.4 Å². The number of carbonyl (C=O) groups is 3. The lowest BCUT2D eigenvalue weighted by atomic mass is 10.2. The first-order chi connectivity index (χ1) is 17.2. The van der Waals surface area contributed by atoms with E-state index in [1.807, 2.05) is 0 Å². The third-order valence-electron chi connectivity index (χ3n) is 6.25. The Morgan fingerprint density at radius 2 is 1.75 bits per heavy atom. The summed E-state index contributed by atoms with van der Waals surface area (Å²) < 4.78 is 42.1. The number of halogens is 3. The molecule has 0 saturated carbocycles. The lowest BCUT2D eigenvalue weighted by Crippen LogP contribution is -2.47. The molecule has 1 fully saturated rings. The molecule has 9 nitrogen and oxygen atoms in total. The van der Waals surface area contributed by atoms with Gasteiger partial charge in [0.15, 0.2) is 17.5 Å². The number of aromatic nitrogens is 2. The number of nitrogens with one attached hydrogen (secondary N) is 1. The standard InChI is InChI=1S/C24H21F3N6O3/c1-14-10-33-20(11-31(14)24(36)29-16-7-17(25)22(27)18(26)8-16)19(9-28-33)32-13-30(12-21(32)34)23(35)15-5-3-2-4-6-15/h2-9,14H,10-13H2,1H3,(H,29,36)/t14-/m0/s1. The molecule has 2 aliphatic heterocycles. The fourth-order valence-electron chi connectivity index (χ4n) is 4.37. The zero-order valence-corrected chi connectivity index (χ0v) is 19.1. The van der Waals surface area contributed by atoms with Crippen LogP contribution in [0.4, 0.5) is 29.3 Å². The zero-order chi connectivity index (χ0) is 25.6. The summed E-state index contributed by atoms with van der Waals surface area (Å²) in [5.41, 5.74) is 1.27. The normalized spacial score (nSPS) is 17.4. The van der Waals surface area contributed by atoms with Crippen LogP contribution < -0.4 is 10.2 Å². The molecule has 4 amide bonds. The molecule has 0 aliphatic carbocycles. The Bertz CT molecular complexity index is 1340. The number of nitrogens with zero attached hydrogens (tertiary/aromatic N) is 5. The van der Waals surface area contributed by atoms with Crippen LogP contribution in [0.2, 0.25) is 0 Å². The molecule has 0 bridgehead atoms. The Balaban J connectivity index is 1.34. The second kappa shape index (κ2) is 9.02. The van der Waals surface area contributed by atoms with Crippen molar-refractivity contribution in [3.05, 3.63) is 77.4 Å². The molecule has 36 heavy (non-hydrogen) atoms. The molecule has 2 aliphatic rings. The van der Waals surface area contributed by atoms with Crippen molar-refractivity contribution in [1.29, 1.82) is 0 Å². The molecule has 1 aromatic heterocycles. The maximum absolute atomic E-state index is 13.6. The van der Waals surface area contributed by atoms with Crippen LogP contribution in [0.15, 0.2) is 48.7 Å². The van der Waals surface area contributed by atoms with E-state index in [9.17, 15) is 27.6 Å². The van der Waals surface area contributed by atoms with Crippen molar-refractivity contribution < 1.29 is 27.6 Å². The predicted octanol–water partition coefficient (Wildman–Crippen LogP) is 3.18. The Hall–Kier alpha value is -4.35. The molecule has 1 saturated heterocycles. The van der Waals surface area contributed by atoms with Crippen LogP contribution in [-0.4, -0.2) is 56.7 Å². The van der Waals surface area contributed by atoms with E-state index in [1.54, 1.807) is 41.9 Å². The molecule has 186 valence electrons. The summed E-state index contributed by atoms with van der Waals surface area (Å²) in [5, 5.41) is 6.73. The molecular formula is C24H21F3N6O3. The van der Waals surface area contributed by atoms with Gasteiger partial charge < -0.3 is 15.1 Å². The van der Waals surface area contributed by atoms with Crippen molar-refractivity contribution in [3.63, 3.8) is 0 Å². The van der Waals surface area contributed by atoms with E-state index in [1.165, 1.54) is 20.9 Å². The number of carbonyl (C=O) groups excluding carboxylic acids is 3. The third kappa shape index (κ3) is 4.14. The average molecular weight is 498 g/mol. The summed E-state index contributed by atoms with van der Waals surface area (Å²) in [4.78, 5) is 42.8. The van der Waals surface area contributed by atoms with Crippen LogP contribution in [0.1, 0.15) is 23.0 Å². The van der Waals surface area contributed by atoms with Crippen molar-refractivity contribution in [2.75, 3.05) is 23.4 Å². The van der Waals surface area contributed by atoms with Crippen LogP contribution in [-0.2, 0) is 17.9 Å². The molecular weight excluding hydrogens is 477 g/mol. The lowest BCUT2D eigenvalue weighted by Gasteiger charge is -2.35. The van der Waals surface area contributed by atoms with E-state index in [-0.39, 0.29) is 43.3 Å². The first kappa shape index (κ1) is 23.4. The highest BCUT2D eigenvalue weighted by atomic mass is 19.2. The number of rotatable bonds is 3. The first-order valence-electron chi connectivity index (χ1n) is 11.1. The Labute approximate surface area is 203 Å². The lowest BCUT2D eigenvalue weighted by molar-refractivity contribution is -0.116. The molecule has 0 unspecified atom stereocenters. The van der Waals surface area contributed by atoms with E-state index in [0.29, 0.717) is 35.6 Å². The van der Waals surface area contributed by atoms with E-state index in [0.717, 1.165) is 0 Å². The van der Waals surface area contributed by atoms with E-state index < -0.39 is 23.5 Å². The topological polar surface area (TPSA) is 90.8 Å². The van der Waals surface area contributed by atoms with Gasteiger partial charge in [0.1, 0.15) is 13.2 Å². The van der Waals surface area contributed by atoms with E-state index in [4.69, 9.17) is 0 Å². The molecule has 0 spiro atoms. The van der Waals surface area contributed by atoms with Crippen LogP contribution in [0.25, 0.3) is 0 Å². The predicted molar refractivity (Wildman–Crippen MR) is 122 cm³/mol. The summed E-state index contributed by atoms with van der Waals surface area (Å²) in [6, 6.07) is 9.03. The van der Waals surface area contributed by atoms with Gasteiger partial charge in [-0.3, -0.25) is 19.2 Å². The summed E-state index contributed by atoms with van der Waals surface area (Å²) in [6.07, 6.45) is 1.52. The summed E-state index contributed by atoms with van der Waals surface area (Å²) in [5.74, 6) is -5.02. The minimum absolute atomic E-state index is 0.0289.